The van der Waals surface area contributed by atoms with Gasteiger partial charge in [-0.15, -0.1) is 10.2 Å². The van der Waals surface area contributed by atoms with Gasteiger partial charge in [0.1, 0.15) is 18.1 Å². The monoisotopic (exact) mass is 272 g/mol. The molecule has 6 heteroatoms. The Bertz CT molecular complexity index is 609. The molecule has 6 nitrogen and oxygen atoms in total. The van der Waals surface area contributed by atoms with Crippen molar-refractivity contribution in [1.82, 2.24) is 19.7 Å². The molecule has 104 valence electrons. The molecule has 0 saturated heterocycles. The van der Waals surface area contributed by atoms with E-state index in [1.807, 2.05) is 22.8 Å². The van der Waals surface area contributed by atoms with Crippen LogP contribution in [0.4, 0.5) is 0 Å². The summed E-state index contributed by atoms with van der Waals surface area (Å²) >= 11 is 0. The van der Waals surface area contributed by atoms with Crippen LogP contribution in [0.5, 0.6) is 0 Å². The summed E-state index contributed by atoms with van der Waals surface area (Å²) in [5.41, 5.74) is 1.27. The highest BCUT2D eigenvalue weighted by Crippen LogP contribution is 2.15. The van der Waals surface area contributed by atoms with Gasteiger partial charge in [-0.2, -0.15) is 0 Å². The number of aromatic nitrogens is 3. The van der Waals surface area contributed by atoms with E-state index in [1.165, 1.54) is 5.56 Å². The standard InChI is InChI=1S/C14H16N4O2/c19-14(20)8-12-15-16-13-10-17(6-7-18(12)13)9-11-4-2-1-3-5-11/h1-5H,6-10H2,(H,19,20). The van der Waals surface area contributed by atoms with Crippen LogP contribution in [-0.2, 0) is 30.8 Å². The molecule has 0 amide bonds. The first-order valence-electron chi connectivity index (χ1n) is 6.61. The fraction of sp³-hybridized carbons (Fsp3) is 0.357. The number of nitrogens with zero attached hydrogens (tertiary/aromatic N) is 4. The lowest BCUT2D eigenvalue weighted by Crippen LogP contribution is -2.34. The van der Waals surface area contributed by atoms with Gasteiger partial charge in [0.15, 0.2) is 0 Å². The second-order valence-corrected chi connectivity index (χ2v) is 4.95. The molecule has 0 saturated carbocycles. The highest BCUT2D eigenvalue weighted by Gasteiger charge is 2.21. The van der Waals surface area contributed by atoms with Crippen molar-refractivity contribution in [2.45, 2.75) is 26.1 Å². The second kappa shape index (κ2) is 5.42. The van der Waals surface area contributed by atoms with Gasteiger partial charge in [-0.3, -0.25) is 9.69 Å². The average Bonchev–Trinajstić information content (AvgIpc) is 2.82. The van der Waals surface area contributed by atoms with Gasteiger partial charge in [-0.1, -0.05) is 30.3 Å². The number of carboxylic acid groups (broad SMARTS) is 1. The molecular weight excluding hydrogens is 256 g/mol. The highest BCUT2D eigenvalue weighted by molar-refractivity contribution is 5.69. The molecule has 1 aliphatic heterocycles. The molecule has 0 spiro atoms. The summed E-state index contributed by atoms with van der Waals surface area (Å²) in [6.07, 6.45) is -0.0638. The predicted octanol–water partition coefficient (Wildman–Crippen LogP) is 0.921. The van der Waals surface area contributed by atoms with Crippen LogP contribution in [0.1, 0.15) is 17.2 Å². The Kier molecular flexibility index (Phi) is 3.47. The minimum Gasteiger partial charge on any atom is -0.481 e. The molecule has 0 fully saturated rings. The van der Waals surface area contributed by atoms with Crippen molar-refractivity contribution in [3.63, 3.8) is 0 Å². The summed E-state index contributed by atoms with van der Waals surface area (Å²) in [5, 5.41) is 16.9. The van der Waals surface area contributed by atoms with Crippen LogP contribution in [0.3, 0.4) is 0 Å². The normalized spacial score (nSPS) is 15.0. The van der Waals surface area contributed by atoms with E-state index in [-0.39, 0.29) is 6.42 Å². The zero-order valence-corrected chi connectivity index (χ0v) is 11.1. The lowest BCUT2D eigenvalue weighted by atomic mass is 10.2. The quantitative estimate of drug-likeness (QED) is 0.896. The molecule has 2 heterocycles. The molecule has 1 N–H and O–H groups in total. The van der Waals surface area contributed by atoms with Gasteiger partial charge < -0.3 is 9.67 Å². The largest absolute Gasteiger partial charge is 0.481 e. The summed E-state index contributed by atoms with van der Waals surface area (Å²) in [7, 11) is 0. The third-order valence-electron chi connectivity index (χ3n) is 3.47. The van der Waals surface area contributed by atoms with E-state index in [0.717, 1.165) is 25.5 Å². The lowest BCUT2D eigenvalue weighted by Gasteiger charge is -2.27. The van der Waals surface area contributed by atoms with Gasteiger partial charge in [0.2, 0.25) is 0 Å². The lowest BCUT2D eigenvalue weighted by molar-refractivity contribution is -0.136. The Balaban J connectivity index is 1.70. The van der Waals surface area contributed by atoms with Crippen LogP contribution in [0, 0.1) is 0 Å². The second-order valence-electron chi connectivity index (χ2n) is 4.95. The van der Waals surface area contributed by atoms with Crippen molar-refractivity contribution < 1.29 is 9.90 Å². The van der Waals surface area contributed by atoms with Crippen molar-refractivity contribution in [2.24, 2.45) is 0 Å². The van der Waals surface area contributed by atoms with Crippen LogP contribution in [0.15, 0.2) is 30.3 Å². The van der Waals surface area contributed by atoms with Crippen LogP contribution in [0.2, 0.25) is 0 Å². The molecule has 1 aromatic heterocycles. The minimum atomic E-state index is -0.869. The number of hydrogen-bond acceptors (Lipinski definition) is 4. The Morgan fingerprint density at radius 1 is 1.20 bits per heavy atom. The van der Waals surface area contributed by atoms with E-state index in [2.05, 4.69) is 27.2 Å². The SMILES string of the molecule is O=C(O)Cc1nnc2n1CCN(Cc1ccccc1)C2. The summed E-state index contributed by atoms with van der Waals surface area (Å²) in [4.78, 5) is 13.1. The molecule has 0 radical (unpaired) electrons. The van der Waals surface area contributed by atoms with Gasteiger partial charge in [0.05, 0.1) is 6.54 Å². The van der Waals surface area contributed by atoms with Crippen molar-refractivity contribution in [3.05, 3.63) is 47.5 Å². The molecule has 0 unspecified atom stereocenters. The highest BCUT2D eigenvalue weighted by atomic mass is 16.4. The molecule has 2 aromatic rings. The van der Waals surface area contributed by atoms with E-state index in [1.54, 1.807) is 0 Å². The minimum absolute atomic E-state index is 0.0638. The van der Waals surface area contributed by atoms with Gasteiger partial charge >= 0.3 is 5.97 Å². The smallest absolute Gasteiger partial charge is 0.311 e. The van der Waals surface area contributed by atoms with E-state index >= 15 is 0 Å². The molecular formula is C14H16N4O2. The van der Waals surface area contributed by atoms with E-state index in [0.29, 0.717) is 12.4 Å². The summed E-state index contributed by atoms with van der Waals surface area (Å²) in [6, 6.07) is 10.3. The van der Waals surface area contributed by atoms with Crippen molar-refractivity contribution in [3.8, 4) is 0 Å². The maximum Gasteiger partial charge on any atom is 0.311 e. The maximum absolute atomic E-state index is 10.8. The van der Waals surface area contributed by atoms with Crippen molar-refractivity contribution in [2.75, 3.05) is 6.54 Å². The van der Waals surface area contributed by atoms with Crippen LogP contribution < -0.4 is 0 Å². The Hall–Kier alpha value is -2.21. The van der Waals surface area contributed by atoms with E-state index < -0.39 is 5.97 Å². The fourth-order valence-electron chi connectivity index (χ4n) is 2.51. The zero-order chi connectivity index (χ0) is 13.9. The number of fused-ring (bicyclic) bond motifs is 1. The number of rotatable bonds is 4. The molecule has 0 bridgehead atoms. The van der Waals surface area contributed by atoms with Crippen molar-refractivity contribution in [1.29, 1.82) is 0 Å². The average molecular weight is 272 g/mol. The van der Waals surface area contributed by atoms with Crippen LogP contribution in [-0.4, -0.2) is 37.3 Å². The summed E-state index contributed by atoms with van der Waals surface area (Å²) < 4.78 is 1.93. The number of benzene rings is 1. The van der Waals surface area contributed by atoms with E-state index in [4.69, 9.17) is 5.11 Å². The fourth-order valence-corrected chi connectivity index (χ4v) is 2.51. The topological polar surface area (TPSA) is 71.2 Å². The molecule has 1 aliphatic rings. The van der Waals surface area contributed by atoms with Crippen molar-refractivity contribution >= 4 is 5.97 Å². The Labute approximate surface area is 116 Å². The molecule has 20 heavy (non-hydrogen) atoms. The Morgan fingerprint density at radius 3 is 2.75 bits per heavy atom. The molecule has 1 aromatic carbocycles. The first-order chi connectivity index (χ1) is 9.72. The predicted molar refractivity (Wildman–Crippen MR) is 71.9 cm³/mol. The maximum atomic E-state index is 10.8. The first kappa shape index (κ1) is 12.8. The molecule has 0 atom stereocenters. The first-order valence-corrected chi connectivity index (χ1v) is 6.61. The van der Waals surface area contributed by atoms with Crippen LogP contribution in [0.25, 0.3) is 0 Å². The molecule has 3 rings (SSSR count). The van der Waals surface area contributed by atoms with E-state index in [9.17, 15) is 4.79 Å². The summed E-state index contributed by atoms with van der Waals surface area (Å²) in [5.74, 6) is 0.530. The van der Waals surface area contributed by atoms with Gasteiger partial charge in [0, 0.05) is 19.6 Å². The zero-order valence-electron chi connectivity index (χ0n) is 11.1. The molecule has 0 aliphatic carbocycles. The number of aliphatic carboxylic acids is 1. The summed E-state index contributed by atoms with van der Waals surface area (Å²) in [6.45, 7) is 3.22. The third-order valence-corrected chi connectivity index (χ3v) is 3.47. The third kappa shape index (κ3) is 2.70. The van der Waals surface area contributed by atoms with Gasteiger partial charge in [-0.05, 0) is 5.56 Å². The number of carboxylic acids is 1. The van der Waals surface area contributed by atoms with Gasteiger partial charge in [-0.25, -0.2) is 0 Å². The van der Waals surface area contributed by atoms with Gasteiger partial charge in [0.25, 0.3) is 0 Å². The number of carbonyl (C=O) groups is 1. The Morgan fingerprint density at radius 2 is 2.00 bits per heavy atom. The van der Waals surface area contributed by atoms with Crippen LogP contribution >= 0.6 is 0 Å². The number of hydrogen-bond donors (Lipinski definition) is 1.